The molecule has 27 heavy (non-hydrogen) atoms. The van der Waals surface area contributed by atoms with E-state index in [9.17, 15) is 9.90 Å². The third-order valence-electron chi connectivity index (χ3n) is 4.82. The number of rotatable bonds is 7. The Morgan fingerprint density at radius 3 is 1.85 bits per heavy atom. The van der Waals surface area contributed by atoms with Crippen LogP contribution in [0.2, 0.25) is 0 Å². The predicted molar refractivity (Wildman–Crippen MR) is 110 cm³/mol. The lowest BCUT2D eigenvalue weighted by Crippen LogP contribution is -2.53. The highest BCUT2D eigenvalue weighted by molar-refractivity contribution is 5.73. The van der Waals surface area contributed by atoms with Crippen molar-refractivity contribution in [3.05, 3.63) is 71.3 Å². The molecule has 3 nitrogen and oxygen atoms in total. The first kappa shape index (κ1) is 22.9. The van der Waals surface area contributed by atoms with E-state index in [1.807, 2.05) is 24.3 Å². The standard InChI is InChI=1S/C13H18O2.C11H17N/c1-9(2)8-11-4-6-12(7-5-11)10(3)13(14)15;1-9(2)11(8-12)10-6-4-3-5-7-10/h4-7,9-10H,8H2,1-3H3,(H,14,15);3-7,9,11H,8,12H2,1-2H3/t10-;11-/m11/s1. The Hall–Kier alpha value is -2.13. The molecule has 0 amide bonds. The second-order valence-electron chi connectivity index (χ2n) is 7.93. The molecule has 3 heteroatoms. The Morgan fingerprint density at radius 1 is 0.889 bits per heavy atom. The summed E-state index contributed by atoms with van der Waals surface area (Å²) in [5.41, 5.74) is 7.46. The first-order valence-electron chi connectivity index (χ1n) is 9.90. The normalized spacial score (nSPS) is 13.0. The summed E-state index contributed by atoms with van der Waals surface area (Å²) in [7, 11) is 0. The summed E-state index contributed by atoms with van der Waals surface area (Å²) in [6.45, 7) is 11.5. The maximum atomic E-state index is 10.7. The summed E-state index contributed by atoms with van der Waals surface area (Å²) in [5, 5.41) is 10.7. The molecule has 0 aliphatic rings. The summed E-state index contributed by atoms with van der Waals surface area (Å²) in [5.74, 6) is 0.371. The van der Waals surface area contributed by atoms with Crippen molar-refractivity contribution in [2.24, 2.45) is 11.8 Å². The Morgan fingerprint density at radius 2 is 1.44 bits per heavy atom. The number of carboxylic acids is 1. The van der Waals surface area contributed by atoms with Gasteiger partial charge < -0.3 is 15.6 Å². The van der Waals surface area contributed by atoms with Crippen molar-refractivity contribution in [1.29, 1.82) is 0 Å². The van der Waals surface area contributed by atoms with E-state index >= 15 is 0 Å². The SMILES string of the molecule is CC(C)Cc1ccc([C@@H](C)C(=O)[O-])cc1.CC(C)[C@@H](C[NH3+])c1ccccc1. The average molecular weight is 370 g/mol. The maximum Gasteiger partial charge on any atom is 0.0811 e. The highest BCUT2D eigenvalue weighted by Crippen LogP contribution is 2.21. The van der Waals surface area contributed by atoms with Crippen molar-refractivity contribution in [3.8, 4) is 0 Å². The van der Waals surface area contributed by atoms with Gasteiger partial charge in [-0.15, -0.1) is 0 Å². The molecule has 0 aliphatic heterocycles. The van der Waals surface area contributed by atoms with E-state index in [4.69, 9.17) is 0 Å². The van der Waals surface area contributed by atoms with Crippen LogP contribution in [0.25, 0.3) is 0 Å². The van der Waals surface area contributed by atoms with Gasteiger partial charge in [0.25, 0.3) is 0 Å². The van der Waals surface area contributed by atoms with Crippen LogP contribution in [0.15, 0.2) is 54.6 Å². The molecular weight excluding hydrogens is 334 g/mol. The van der Waals surface area contributed by atoms with E-state index in [-0.39, 0.29) is 0 Å². The molecule has 0 saturated carbocycles. The molecular formula is C24H35NO2. The number of benzene rings is 2. The van der Waals surface area contributed by atoms with Crippen LogP contribution in [-0.2, 0) is 11.2 Å². The van der Waals surface area contributed by atoms with Crippen LogP contribution in [-0.4, -0.2) is 12.5 Å². The van der Waals surface area contributed by atoms with Crippen molar-refractivity contribution in [1.82, 2.24) is 0 Å². The van der Waals surface area contributed by atoms with Crippen LogP contribution < -0.4 is 10.8 Å². The first-order chi connectivity index (χ1) is 12.8. The molecule has 0 heterocycles. The van der Waals surface area contributed by atoms with Gasteiger partial charge in [0.2, 0.25) is 0 Å². The highest BCUT2D eigenvalue weighted by Gasteiger charge is 2.14. The topological polar surface area (TPSA) is 67.8 Å². The highest BCUT2D eigenvalue weighted by atomic mass is 16.4. The number of hydrogen-bond acceptors (Lipinski definition) is 2. The number of carbonyl (C=O) groups excluding carboxylic acids is 1. The zero-order chi connectivity index (χ0) is 20.4. The summed E-state index contributed by atoms with van der Waals surface area (Å²) in [6, 6.07) is 18.4. The number of carbonyl (C=O) groups is 1. The van der Waals surface area contributed by atoms with Crippen LogP contribution in [0, 0.1) is 11.8 Å². The summed E-state index contributed by atoms with van der Waals surface area (Å²) in [6.07, 6.45) is 1.03. The summed E-state index contributed by atoms with van der Waals surface area (Å²) < 4.78 is 0. The van der Waals surface area contributed by atoms with Crippen LogP contribution in [0.1, 0.15) is 63.1 Å². The van der Waals surface area contributed by atoms with Gasteiger partial charge in [-0.3, -0.25) is 0 Å². The van der Waals surface area contributed by atoms with Crippen molar-refractivity contribution < 1.29 is 15.6 Å². The van der Waals surface area contributed by atoms with Crippen LogP contribution in [0.5, 0.6) is 0 Å². The second-order valence-corrected chi connectivity index (χ2v) is 7.93. The maximum absolute atomic E-state index is 10.7. The molecule has 0 fully saturated rings. The molecule has 2 atom stereocenters. The van der Waals surface area contributed by atoms with Gasteiger partial charge in [0.05, 0.1) is 6.54 Å². The fourth-order valence-electron chi connectivity index (χ4n) is 3.14. The zero-order valence-electron chi connectivity index (χ0n) is 17.4. The number of hydrogen-bond donors (Lipinski definition) is 1. The minimum absolute atomic E-state index is 0.530. The molecule has 0 aliphatic carbocycles. The number of carboxylic acid groups (broad SMARTS) is 1. The molecule has 0 radical (unpaired) electrons. The quantitative estimate of drug-likeness (QED) is 0.813. The molecule has 2 aromatic rings. The van der Waals surface area contributed by atoms with Crippen LogP contribution in [0.3, 0.4) is 0 Å². The number of aliphatic carboxylic acids is 1. The van der Waals surface area contributed by atoms with Crippen molar-refractivity contribution >= 4 is 5.97 Å². The van der Waals surface area contributed by atoms with Gasteiger partial charge >= 0.3 is 0 Å². The molecule has 0 spiro atoms. The minimum Gasteiger partial charge on any atom is -0.550 e. The van der Waals surface area contributed by atoms with E-state index in [2.05, 4.69) is 63.8 Å². The average Bonchev–Trinajstić information content (AvgIpc) is 2.63. The predicted octanol–water partition coefficient (Wildman–Crippen LogP) is 3.41. The van der Waals surface area contributed by atoms with Gasteiger partial charge in [0.1, 0.15) is 0 Å². The lowest BCUT2D eigenvalue weighted by atomic mass is 9.89. The Balaban J connectivity index is 0.000000277. The summed E-state index contributed by atoms with van der Waals surface area (Å²) >= 11 is 0. The Bertz CT molecular complexity index is 663. The number of quaternary nitrogens is 1. The zero-order valence-corrected chi connectivity index (χ0v) is 17.4. The van der Waals surface area contributed by atoms with Gasteiger partial charge in [-0.25, -0.2) is 0 Å². The van der Waals surface area contributed by atoms with Gasteiger partial charge in [0, 0.05) is 17.8 Å². The Labute approximate surface area is 164 Å². The fourth-order valence-corrected chi connectivity index (χ4v) is 3.14. The van der Waals surface area contributed by atoms with Gasteiger partial charge in [-0.2, -0.15) is 0 Å². The molecule has 148 valence electrons. The molecule has 0 saturated heterocycles. The van der Waals surface area contributed by atoms with Gasteiger partial charge in [0.15, 0.2) is 0 Å². The van der Waals surface area contributed by atoms with E-state index in [1.165, 1.54) is 11.1 Å². The molecule has 2 rings (SSSR count). The first-order valence-corrected chi connectivity index (χ1v) is 9.90. The molecule has 2 aromatic carbocycles. The van der Waals surface area contributed by atoms with Crippen LogP contribution >= 0.6 is 0 Å². The summed E-state index contributed by atoms with van der Waals surface area (Å²) in [4.78, 5) is 10.7. The van der Waals surface area contributed by atoms with E-state index < -0.39 is 11.9 Å². The van der Waals surface area contributed by atoms with E-state index in [0.717, 1.165) is 18.5 Å². The Kier molecular flexibility index (Phi) is 9.81. The third-order valence-corrected chi connectivity index (χ3v) is 4.82. The lowest BCUT2D eigenvalue weighted by Gasteiger charge is -2.16. The van der Waals surface area contributed by atoms with Gasteiger partial charge in [-0.05, 0) is 34.9 Å². The molecule has 0 unspecified atom stereocenters. The molecule has 0 bridgehead atoms. The van der Waals surface area contributed by atoms with Crippen molar-refractivity contribution in [2.45, 2.75) is 52.9 Å². The molecule has 0 aromatic heterocycles. The fraction of sp³-hybridized carbons (Fsp3) is 0.458. The lowest BCUT2D eigenvalue weighted by molar-refractivity contribution is -0.374. The largest absolute Gasteiger partial charge is 0.550 e. The van der Waals surface area contributed by atoms with Gasteiger partial charge in [-0.1, -0.05) is 89.2 Å². The minimum atomic E-state index is -1.02. The smallest absolute Gasteiger partial charge is 0.0811 e. The van der Waals surface area contributed by atoms with E-state index in [1.54, 1.807) is 6.92 Å². The van der Waals surface area contributed by atoms with Crippen molar-refractivity contribution in [3.63, 3.8) is 0 Å². The second kappa shape index (κ2) is 11.6. The molecule has 3 N–H and O–H groups in total. The van der Waals surface area contributed by atoms with Crippen LogP contribution in [0.4, 0.5) is 0 Å². The van der Waals surface area contributed by atoms with Crippen molar-refractivity contribution in [2.75, 3.05) is 6.54 Å². The third kappa shape index (κ3) is 7.96. The van der Waals surface area contributed by atoms with E-state index in [0.29, 0.717) is 17.8 Å². The monoisotopic (exact) mass is 369 g/mol.